The van der Waals surface area contributed by atoms with Crippen LogP contribution in [0.5, 0.6) is 0 Å². The maximum Gasteiger partial charge on any atom is 0.341 e. The van der Waals surface area contributed by atoms with Crippen molar-refractivity contribution in [2.45, 2.75) is 20.0 Å². The molecule has 5 nitrogen and oxygen atoms in total. The number of carboxylic acids is 1. The molecule has 19 heavy (non-hydrogen) atoms. The van der Waals surface area contributed by atoms with Crippen LogP contribution in [0.25, 0.3) is 0 Å². The maximum absolute atomic E-state index is 13.3. The Labute approximate surface area is 108 Å². The fourth-order valence-electron chi connectivity index (χ4n) is 1.29. The highest BCUT2D eigenvalue weighted by Gasteiger charge is 2.18. The number of nitrogens with one attached hydrogen (secondary N) is 1. The van der Waals surface area contributed by atoms with Crippen molar-refractivity contribution in [2.75, 3.05) is 11.9 Å². The molecule has 1 amide bonds. The molecular formula is C12H13F2NO4. The average Bonchev–Trinajstić information content (AvgIpc) is 2.24. The topological polar surface area (TPSA) is 75.6 Å². The molecular weight excluding hydrogens is 260 g/mol. The van der Waals surface area contributed by atoms with Gasteiger partial charge in [0.25, 0.3) is 0 Å². The Balaban J connectivity index is 2.81. The monoisotopic (exact) mass is 273 g/mol. The number of ether oxygens (including phenoxy) is 1. The molecule has 2 N–H and O–H groups in total. The van der Waals surface area contributed by atoms with Crippen LogP contribution < -0.4 is 5.32 Å². The molecule has 0 saturated heterocycles. The number of hydrogen-bond acceptors (Lipinski definition) is 3. The third kappa shape index (κ3) is 4.29. The van der Waals surface area contributed by atoms with Gasteiger partial charge < -0.3 is 15.2 Å². The quantitative estimate of drug-likeness (QED) is 0.860. The largest absolute Gasteiger partial charge is 0.477 e. The summed E-state index contributed by atoms with van der Waals surface area (Å²) in [6, 6.07) is 1.47. The van der Waals surface area contributed by atoms with Crippen molar-refractivity contribution in [2.24, 2.45) is 0 Å². The van der Waals surface area contributed by atoms with Gasteiger partial charge in [0.05, 0.1) is 6.10 Å². The summed E-state index contributed by atoms with van der Waals surface area (Å²) in [4.78, 5) is 21.9. The zero-order valence-corrected chi connectivity index (χ0v) is 10.4. The number of carboxylic acid groups (broad SMARTS) is 1. The molecule has 0 aliphatic rings. The van der Waals surface area contributed by atoms with Crippen LogP contribution in [0.4, 0.5) is 14.5 Å². The Morgan fingerprint density at radius 1 is 1.32 bits per heavy atom. The van der Waals surface area contributed by atoms with Crippen molar-refractivity contribution in [3.8, 4) is 0 Å². The van der Waals surface area contributed by atoms with Gasteiger partial charge in [0, 0.05) is 5.69 Å². The first-order chi connectivity index (χ1) is 8.81. The molecule has 1 rings (SSSR count). The van der Waals surface area contributed by atoms with Crippen LogP contribution >= 0.6 is 0 Å². The molecule has 1 aromatic carbocycles. The van der Waals surface area contributed by atoms with Gasteiger partial charge in [-0.1, -0.05) is 0 Å². The van der Waals surface area contributed by atoms with E-state index in [1.54, 1.807) is 13.8 Å². The van der Waals surface area contributed by atoms with Gasteiger partial charge in [0.1, 0.15) is 23.8 Å². The lowest BCUT2D eigenvalue weighted by Crippen LogP contribution is -2.21. The maximum atomic E-state index is 13.3. The lowest BCUT2D eigenvalue weighted by Gasteiger charge is -2.09. The summed E-state index contributed by atoms with van der Waals surface area (Å²) >= 11 is 0. The Hall–Kier alpha value is -2.02. The SMILES string of the molecule is CC(C)OCC(=O)Nc1cc(F)c(C(=O)O)c(F)c1. The first kappa shape index (κ1) is 15.0. The Morgan fingerprint density at radius 2 is 1.84 bits per heavy atom. The van der Waals surface area contributed by atoms with E-state index in [-0.39, 0.29) is 18.4 Å². The summed E-state index contributed by atoms with van der Waals surface area (Å²) in [5, 5.41) is 10.8. The summed E-state index contributed by atoms with van der Waals surface area (Å²) in [7, 11) is 0. The lowest BCUT2D eigenvalue weighted by atomic mass is 10.2. The zero-order valence-electron chi connectivity index (χ0n) is 10.4. The zero-order chi connectivity index (χ0) is 14.6. The van der Waals surface area contributed by atoms with Crippen molar-refractivity contribution in [1.29, 1.82) is 0 Å². The van der Waals surface area contributed by atoms with Crippen LogP contribution in [0.2, 0.25) is 0 Å². The number of benzene rings is 1. The number of carbonyl (C=O) groups excluding carboxylic acids is 1. The fraction of sp³-hybridized carbons (Fsp3) is 0.333. The number of amides is 1. The fourth-order valence-corrected chi connectivity index (χ4v) is 1.29. The van der Waals surface area contributed by atoms with Gasteiger partial charge in [-0.2, -0.15) is 0 Å². The highest BCUT2D eigenvalue weighted by molar-refractivity contribution is 5.93. The molecule has 7 heteroatoms. The number of hydrogen-bond donors (Lipinski definition) is 2. The smallest absolute Gasteiger partial charge is 0.341 e. The van der Waals surface area contributed by atoms with Gasteiger partial charge in [-0.25, -0.2) is 13.6 Å². The second kappa shape index (κ2) is 6.24. The van der Waals surface area contributed by atoms with E-state index in [2.05, 4.69) is 5.32 Å². The minimum absolute atomic E-state index is 0.159. The van der Waals surface area contributed by atoms with Gasteiger partial charge >= 0.3 is 5.97 Å². The van der Waals surface area contributed by atoms with Crippen molar-refractivity contribution >= 4 is 17.6 Å². The number of anilines is 1. The van der Waals surface area contributed by atoms with E-state index in [0.29, 0.717) is 0 Å². The first-order valence-corrected chi connectivity index (χ1v) is 5.45. The van der Waals surface area contributed by atoms with Gasteiger partial charge in [0.15, 0.2) is 0 Å². The van der Waals surface area contributed by atoms with E-state index in [1.807, 2.05) is 0 Å². The third-order valence-electron chi connectivity index (χ3n) is 2.09. The molecule has 104 valence electrons. The number of halogens is 2. The summed E-state index contributed by atoms with van der Waals surface area (Å²) in [5.74, 6) is -4.81. The molecule has 0 bridgehead atoms. The average molecular weight is 273 g/mol. The van der Waals surface area contributed by atoms with Crippen molar-refractivity contribution in [3.05, 3.63) is 29.3 Å². The molecule has 0 heterocycles. The van der Waals surface area contributed by atoms with Gasteiger partial charge in [-0.3, -0.25) is 4.79 Å². The second-order valence-corrected chi connectivity index (χ2v) is 4.03. The summed E-state index contributed by atoms with van der Waals surface area (Å²) in [5.41, 5.74) is -1.23. The molecule has 0 fully saturated rings. The van der Waals surface area contributed by atoms with Crippen LogP contribution in [0.15, 0.2) is 12.1 Å². The second-order valence-electron chi connectivity index (χ2n) is 4.03. The Kier molecular flexibility index (Phi) is 4.94. The minimum atomic E-state index is -1.71. The van der Waals surface area contributed by atoms with Crippen molar-refractivity contribution < 1.29 is 28.2 Å². The van der Waals surface area contributed by atoms with Crippen molar-refractivity contribution in [1.82, 2.24) is 0 Å². The molecule has 0 aliphatic heterocycles. The molecule has 0 unspecified atom stereocenters. The van der Waals surface area contributed by atoms with E-state index < -0.39 is 29.1 Å². The van der Waals surface area contributed by atoms with Gasteiger partial charge in [-0.05, 0) is 26.0 Å². The highest BCUT2D eigenvalue weighted by atomic mass is 19.1. The lowest BCUT2D eigenvalue weighted by molar-refractivity contribution is -0.121. The molecule has 0 aliphatic carbocycles. The first-order valence-electron chi connectivity index (χ1n) is 5.45. The molecule has 0 atom stereocenters. The van der Waals surface area contributed by atoms with Crippen LogP contribution in [0.1, 0.15) is 24.2 Å². The van der Waals surface area contributed by atoms with E-state index in [1.165, 1.54) is 0 Å². The van der Waals surface area contributed by atoms with E-state index in [4.69, 9.17) is 9.84 Å². The highest BCUT2D eigenvalue weighted by Crippen LogP contribution is 2.19. The van der Waals surface area contributed by atoms with Crippen LogP contribution in [-0.4, -0.2) is 29.7 Å². The van der Waals surface area contributed by atoms with E-state index in [9.17, 15) is 18.4 Å². The number of carbonyl (C=O) groups is 2. The summed E-state index contributed by atoms with van der Waals surface area (Å²) < 4.78 is 31.7. The molecule has 0 aromatic heterocycles. The van der Waals surface area contributed by atoms with E-state index in [0.717, 1.165) is 12.1 Å². The predicted molar refractivity (Wildman–Crippen MR) is 63.0 cm³/mol. The standard InChI is InChI=1S/C12H13F2NO4/c1-6(2)19-5-10(16)15-7-3-8(13)11(12(17)18)9(14)4-7/h3-4,6H,5H2,1-2H3,(H,15,16)(H,17,18). The summed E-state index contributed by atoms with van der Waals surface area (Å²) in [6.07, 6.45) is -0.159. The van der Waals surface area contributed by atoms with Crippen LogP contribution in [0.3, 0.4) is 0 Å². The van der Waals surface area contributed by atoms with Gasteiger partial charge in [-0.15, -0.1) is 0 Å². The van der Waals surface area contributed by atoms with Gasteiger partial charge in [0.2, 0.25) is 5.91 Å². The normalized spacial score (nSPS) is 10.6. The molecule has 1 aromatic rings. The number of aromatic carboxylic acids is 1. The van der Waals surface area contributed by atoms with Crippen molar-refractivity contribution in [3.63, 3.8) is 0 Å². The Bertz CT molecular complexity index is 479. The minimum Gasteiger partial charge on any atom is -0.477 e. The van der Waals surface area contributed by atoms with E-state index >= 15 is 0 Å². The predicted octanol–water partition coefficient (Wildman–Crippen LogP) is 2.03. The molecule has 0 saturated carbocycles. The third-order valence-corrected chi connectivity index (χ3v) is 2.09. The Morgan fingerprint density at radius 3 is 2.26 bits per heavy atom. The summed E-state index contributed by atoms with van der Waals surface area (Å²) in [6.45, 7) is 3.20. The van der Waals surface area contributed by atoms with Crippen LogP contribution in [0, 0.1) is 11.6 Å². The van der Waals surface area contributed by atoms with Crippen LogP contribution in [-0.2, 0) is 9.53 Å². The molecule has 0 radical (unpaired) electrons. The number of rotatable bonds is 5. The molecule has 0 spiro atoms.